The first kappa shape index (κ1) is 14.7. The average Bonchev–Trinajstić information content (AvgIpc) is 2.75. The Hall–Kier alpha value is -0.380. The number of ether oxygens (including phenoxy) is 1. The SMILES string of the molecule is CC(C)OCCCNC(c1cccs1)C(C)C. The highest BCUT2D eigenvalue weighted by Crippen LogP contribution is 2.25. The van der Waals surface area contributed by atoms with Crippen LogP contribution in [0.1, 0.15) is 45.0 Å². The Balaban J connectivity index is 2.27. The largest absolute Gasteiger partial charge is 0.379 e. The van der Waals surface area contributed by atoms with Gasteiger partial charge in [-0.3, -0.25) is 0 Å². The first-order valence-electron chi connectivity index (χ1n) is 6.49. The monoisotopic (exact) mass is 255 g/mol. The summed E-state index contributed by atoms with van der Waals surface area (Å²) in [5.41, 5.74) is 0. The van der Waals surface area contributed by atoms with E-state index in [9.17, 15) is 0 Å². The fraction of sp³-hybridized carbons (Fsp3) is 0.714. The summed E-state index contributed by atoms with van der Waals surface area (Å²) in [6, 6.07) is 4.82. The zero-order chi connectivity index (χ0) is 12.7. The van der Waals surface area contributed by atoms with Gasteiger partial charge in [-0.2, -0.15) is 0 Å². The number of thiophene rings is 1. The van der Waals surface area contributed by atoms with Crippen molar-refractivity contribution < 1.29 is 4.74 Å². The molecule has 1 atom stereocenters. The summed E-state index contributed by atoms with van der Waals surface area (Å²) in [5.74, 6) is 0.625. The maximum atomic E-state index is 5.54. The van der Waals surface area contributed by atoms with Crippen molar-refractivity contribution in [3.63, 3.8) is 0 Å². The molecule has 3 heteroatoms. The van der Waals surface area contributed by atoms with E-state index in [1.54, 1.807) is 0 Å². The van der Waals surface area contributed by atoms with Gasteiger partial charge in [0.05, 0.1) is 6.10 Å². The van der Waals surface area contributed by atoms with Crippen LogP contribution in [-0.2, 0) is 4.74 Å². The Labute approximate surface area is 109 Å². The fourth-order valence-corrected chi connectivity index (χ4v) is 2.76. The van der Waals surface area contributed by atoms with Gasteiger partial charge in [-0.25, -0.2) is 0 Å². The predicted molar refractivity (Wildman–Crippen MR) is 75.6 cm³/mol. The van der Waals surface area contributed by atoms with Crippen molar-refractivity contribution >= 4 is 11.3 Å². The normalized spacial score (nSPS) is 13.5. The second-order valence-electron chi connectivity index (χ2n) is 4.96. The second-order valence-corrected chi connectivity index (χ2v) is 5.94. The Morgan fingerprint density at radius 1 is 1.29 bits per heavy atom. The molecule has 0 spiro atoms. The first-order valence-corrected chi connectivity index (χ1v) is 7.37. The summed E-state index contributed by atoms with van der Waals surface area (Å²) in [5, 5.41) is 5.77. The van der Waals surface area contributed by atoms with Crippen LogP contribution in [0.3, 0.4) is 0 Å². The lowest BCUT2D eigenvalue weighted by atomic mass is 10.0. The summed E-state index contributed by atoms with van der Waals surface area (Å²) in [6.45, 7) is 10.6. The van der Waals surface area contributed by atoms with E-state index < -0.39 is 0 Å². The van der Waals surface area contributed by atoms with Gasteiger partial charge in [0.1, 0.15) is 0 Å². The van der Waals surface area contributed by atoms with Gasteiger partial charge in [0.25, 0.3) is 0 Å². The Morgan fingerprint density at radius 3 is 2.59 bits per heavy atom. The summed E-state index contributed by atoms with van der Waals surface area (Å²) < 4.78 is 5.54. The van der Waals surface area contributed by atoms with Crippen LogP contribution >= 0.6 is 11.3 Å². The maximum Gasteiger partial charge on any atom is 0.0518 e. The molecule has 0 aliphatic carbocycles. The van der Waals surface area contributed by atoms with E-state index in [0.717, 1.165) is 19.6 Å². The summed E-state index contributed by atoms with van der Waals surface area (Å²) >= 11 is 1.83. The van der Waals surface area contributed by atoms with Gasteiger partial charge in [0.15, 0.2) is 0 Å². The molecule has 0 fully saturated rings. The lowest BCUT2D eigenvalue weighted by Crippen LogP contribution is -2.26. The standard InChI is InChI=1S/C14H25NOS/c1-11(2)14(13-7-5-10-17-13)15-8-6-9-16-12(3)4/h5,7,10-12,14-15H,6,8-9H2,1-4H3. The molecule has 0 aliphatic heterocycles. The molecule has 0 bridgehead atoms. The summed E-state index contributed by atoms with van der Waals surface area (Å²) in [4.78, 5) is 1.43. The fourth-order valence-electron chi connectivity index (χ4n) is 1.78. The van der Waals surface area contributed by atoms with Gasteiger partial charge in [0.2, 0.25) is 0 Å². The van der Waals surface area contributed by atoms with Crippen LogP contribution in [0.25, 0.3) is 0 Å². The molecule has 1 N–H and O–H groups in total. The van der Waals surface area contributed by atoms with E-state index in [1.165, 1.54) is 4.88 Å². The minimum Gasteiger partial charge on any atom is -0.379 e. The molecule has 1 rings (SSSR count). The van der Waals surface area contributed by atoms with E-state index >= 15 is 0 Å². The number of nitrogens with one attached hydrogen (secondary N) is 1. The van der Waals surface area contributed by atoms with E-state index in [-0.39, 0.29) is 0 Å². The third-order valence-corrected chi connectivity index (χ3v) is 3.61. The molecule has 0 radical (unpaired) electrons. The van der Waals surface area contributed by atoms with Crippen molar-refractivity contribution in [1.29, 1.82) is 0 Å². The molecule has 17 heavy (non-hydrogen) atoms. The van der Waals surface area contributed by atoms with Crippen LogP contribution in [0.15, 0.2) is 17.5 Å². The minimum absolute atomic E-state index is 0.341. The van der Waals surface area contributed by atoms with Crippen LogP contribution in [-0.4, -0.2) is 19.3 Å². The first-order chi connectivity index (χ1) is 8.11. The van der Waals surface area contributed by atoms with E-state index in [4.69, 9.17) is 4.74 Å². The zero-order valence-corrected chi connectivity index (χ0v) is 12.2. The Morgan fingerprint density at radius 2 is 2.06 bits per heavy atom. The quantitative estimate of drug-likeness (QED) is 0.712. The van der Waals surface area contributed by atoms with Crippen molar-refractivity contribution in [3.8, 4) is 0 Å². The van der Waals surface area contributed by atoms with Gasteiger partial charge in [0, 0.05) is 17.5 Å². The molecule has 0 amide bonds. The van der Waals surface area contributed by atoms with Crippen LogP contribution in [0.4, 0.5) is 0 Å². The molecule has 1 unspecified atom stereocenters. The summed E-state index contributed by atoms with van der Waals surface area (Å²) in [6.07, 6.45) is 1.42. The molecule has 1 aromatic rings. The van der Waals surface area contributed by atoms with Gasteiger partial charge in [-0.15, -0.1) is 11.3 Å². The maximum absolute atomic E-state index is 5.54. The van der Waals surface area contributed by atoms with Gasteiger partial charge >= 0.3 is 0 Å². The van der Waals surface area contributed by atoms with E-state index in [0.29, 0.717) is 18.1 Å². The molecule has 98 valence electrons. The van der Waals surface area contributed by atoms with Crippen molar-refractivity contribution in [2.24, 2.45) is 5.92 Å². The number of hydrogen-bond donors (Lipinski definition) is 1. The van der Waals surface area contributed by atoms with Crippen LogP contribution in [0, 0.1) is 5.92 Å². The average molecular weight is 255 g/mol. The van der Waals surface area contributed by atoms with Crippen molar-refractivity contribution in [1.82, 2.24) is 5.32 Å². The van der Waals surface area contributed by atoms with E-state index in [2.05, 4.69) is 50.5 Å². The lowest BCUT2D eigenvalue weighted by molar-refractivity contribution is 0.0764. The predicted octanol–water partition coefficient (Wildman–Crippen LogP) is 3.85. The molecule has 0 saturated carbocycles. The second kappa shape index (κ2) is 7.85. The molecular weight excluding hydrogens is 230 g/mol. The van der Waals surface area contributed by atoms with Gasteiger partial charge in [-0.1, -0.05) is 19.9 Å². The third kappa shape index (κ3) is 5.66. The molecule has 1 aromatic heterocycles. The lowest BCUT2D eigenvalue weighted by Gasteiger charge is -2.21. The molecule has 1 heterocycles. The molecular formula is C14H25NOS. The molecule has 0 saturated heterocycles. The highest BCUT2D eigenvalue weighted by atomic mass is 32.1. The Kier molecular flexibility index (Phi) is 6.78. The van der Waals surface area contributed by atoms with Crippen molar-refractivity contribution in [3.05, 3.63) is 22.4 Å². The third-order valence-electron chi connectivity index (χ3n) is 2.65. The summed E-state index contributed by atoms with van der Waals surface area (Å²) in [7, 11) is 0. The number of rotatable bonds is 8. The minimum atomic E-state index is 0.341. The van der Waals surface area contributed by atoms with Crippen molar-refractivity contribution in [2.75, 3.05) is 13.2 Å². The van der Waals surface area contributed by atoms with E-state index in [1.807, 2.05) is 11.3 Å². The number of hydrogen-bond acceptors (Lipinski definition) is 3. The van der Waals surface area contributed by atoms with Crippen LogP contribution in [0.5, 0.6) is 0 Å². The van der Waals surface area contributed by atoms with Crippen molar-refractivity contribution in [2.45, 2.75) is 46.3 Å². The topological polar surface area (TPSA) is 21.3 Å². The zero-order valence-electron chi connectivity index (χ0n) is 11.4. The van der Waals surface area contributed by atoms with Gasteiger partial charge in [-0.05, 0) is 44.2 Å². The van der Waals surface area contributed by atoms with Gasteiger partial charge < -0.3 is 10.1 Å². The van der Waals surface area contributed by atoms with Crippen LogP contribution in [0.2, 0.25) is 0 Å². The smallest absolute Gasteiger partial charge is 0.0518 e. The van der Waals surface area contributed by atoms with Crippen LogP contribution < -0.4 is 5.32 Å². The highest BCUT2D eigenvalue weighted by molar-refractivity contribution is 7.10. The Bertz CT molecular complexity index is 282. The highest BCUT2D eigenvalue weighted by Gasteiger charge is 2.15. The molecule has 0 aliphatic rings. The molecule has 2 nitrogen and oxygen atoms in total. The molecule has 0 aromatic carbocycles.